The van der Waals surface area contributed by atoms with E-state index in [-0.39, 0.29) is 5.75 Å². The van der Waals surface area contributed by atoms with Crippen LogP contribution in [0.2, 0.25) is 0 Å². The molecule has 2 unspecified atom stereocenters. The monoisotopic (exact) mass is 476 g/mol. The van der Waals surface area contributed by atoms with E-state index in [0.29, 0.717) is 0 Å². The lowest BCUT2D eigenvalue weighted by atomic mass is 9.90. The smallest absolute Gasteiger partial charge is 0.345 e. The number of rotatable bonds is 14. The van der Waals surface area contributed by atoms with Crippen molar-refractivity contribution in [1.82, 2.24) is 26.0 Å². The van der Waals surface area contributed by atoms with Crippen molar-refractivity contribution in [2.75, 3.05) is 19.4 Å². The molecule has 0 aliphatic carbocycles. The number of hydrogen-bond acceptors (Lipinski definition) is 10. The van der Waals surface area contributed by atoms with Gasteiger partial charge in [-0.05, 0) is 14.0 Å². The standard InChI is InChI=1S/C15H25BN6O9S/c1-6(19-12(27)8(4-23)20-10(25)5-32-18-2)11(26)21-7(3-9(17)24)13(28)22-15(16,31)14(29)30/h6-8,18,23,31H,3-5H2,1-2H3,(H2,17,24)(H,19,27)(H,20,25)(H,21,26)(H,22,28)(H,29,30)/t6-,7-,8?,15?/m0/s1. The quantitative estimate of drug-likeness (QED) is 0.0649. The number of carbonyl (C=O) groups excluding carboxylic acids is 5. The Morgan fingerprint density at radius 2 is 1.62 bits per heavy atom. The van der Waals surface area contributed by atoms with Crippen molar-refractivity contribution in [3.8, 4) is 0 Å². The first kappa shape index (κ1) is 29.1. The fourth-order valence-electron chi connectivity index (χ4n) is 1.98. The molecule has 15 nitrogen and oxygen atoms in total. The van der Waals surface area contributed by atoms with Crippen molar-refractivity contribution >= 4 is 55.3 Å². The van der Waals surface area contributed by atoms with Crippen LogP contribution < -0.4 is 31.7 Å². The Kier molecular flexibility index (Phi) is 12.3. The van der Waals surface area contributed by atoms with Crippen molar-refractivity contribution in [3.63, 3.8) is 0 Å². The van der Waals surface area contributed by atoms with Crippen LogP contribution in [0.4, 0.5) is 0 Å². The average Bonchev–Trinajstić information content (AvgIpc) is 2.68. The molecule has 4 atom stereocenters. The number of aliphatic carboxylic acids is 1. The first-order valence-electron chi connectivity index (χ1n) is 8.89. The molecular weight excluding hydrogens is 451 g/mol. The van der Waals surface area contributed by atoms with Crippen molar-refractivity contribution in [2.45, 2.75) is 37.1 Å². The van der Waals surface area contributed by atoms with Crippen LogP contribution in [0.25, 0.3) is 0 Å². The number of primary amides is 1. The Morgan fingerprint density at radius 3 is 2.09 bits per heavy atom. The van der Waals surface area contributed by atoms with Gasteiger partial charge in [0.25, 0.3) is 0 Å². The Labute approximate surface area is 188 Å². The van der Waals surface area contributed by atoms with Crippen LogP contribution in [0.1, 0.15) is 13.3 Å². The van der Waals surface area contributed by atoms with E-state index in [9.17, 15) is 39.0 Å². The molecule has 0 rings (SSSR count). The Bertz CT molecular complexity index is 738. The van der Waals surface area contributed by atoms with Crippen molar-refractivity contribution in [2.24, 2.45) is 5.73 Å². The predicted octanol–water partition coefficient (Wildman–Crippen LogP) is -5.79. The van der Waals surface area contributed by atoms with Gasteiger partial charge in [-0.2, -0.15) is 0 Å². The summed E-state index contributed by atoms with van der Waals surface area (Å²) in [5.41, 5.74) is 1.82. The minimum atomic E-state index is -3.18. The van der Waals surface area contributed by atoms with Crippen LogP contribution in [-0.2, 0) is 28.8 Å². The maximum atomic E-state index is 12.3. The highest BCUT2D eigenvalue weighted by atomic mass is 32.2. The second-order valence-corrected chi connectivity index (χ2v) is 7.30. The molecular formula is C15H25BN6O9S. The highest BCUT2D eigenvalue weighted by molar-refractivity contribution is 7.98. The lowest BCUT2D eigenvalue weighted by molar-refractivity contribution is -0.156. The molecule has 178 valence electrons. The molecule has 0 spiro atoms. The summed E-state index contributed by atoms with van der Waals surface area (Å²) < 4.78 is 2.65. The SMILES string of the molecule is [B]C(O)(NC(=O)[C@H](CC(N)=O)NC(=O)[C@H](C)NC(=O)C(CO)NC(=O)CSNC)C(=O)O. The topological polar surface area (TPSA) is 249 Å². The van der Waals surface area contributed by atoms with E-state index in [1.54, 1.807) is 7.05 Å². The molecule has 17 heteroatoms. The van der Waals surface area contributed by atoms with E-state index in [1.807, 2.05) is 0 Å². The van der Waals surface area contributed by atoms with E-state index in [4.69, 9.17) is 18.7 Å². The third-order valence-electron chi connectivity index (χ3n) is 3.61. The van der Waals surface area contributed by atoms with Crippen LogP contribution in [0.5, 0.6) is 0 Å². The van der Waals surface area contributed by atoms with Gasteiger partial charge in [0.15, 0.2) is 13.5 Å². The molecule has 0 aliphatic rings. The highest BCUT2D eigenvalue weighted by Crippen LogP contribution is 2.00. The first-order chi connectivity index (χ1) is 14.7. The number of carboxylic acids is 1. The molecule has 0 aliphatic heterocycles. The molecule has 0 aromatic carbocycles. The lowest BCUT2D eigenvalue weighted by Crippen LogP contribution is -2.62. The van der Waals surface area contributed by atoms with Gasteiger partial charge in [0.1, 0.15) is 18.1 Å². The van der Waals surface area contributed by atoms with Crippen LogP contribution in [0.15, 0.2) is 0 Å². The zero-order valence-corrected chi connectivity index (χ0v) is 18.0. The third-order valence-corrected chi connectivity index (χ3v) is 4.31. The summed E-state index contributed by atoms with van der Waals surface area (Å²) in [6, 6.07) is -4.44. The van der Waals surface area contributed by atoms with E-state index >= 15 is 0 Å². The van der Waals surface area contributed by atoms with E-state index < -0.39 is 72.3 Å². The summed E-state index contributed by atoms with van der Waals surface area (Å²) in [5, 5.41) is 35.5. The molecule has 0 saturated carbocycles. The molecule has 0 aromatic heterocycles. The van der Waals surface area contributed by atoms with Gasteiger partial charge >= 0.3 is 5.97 Å². The fourth-order valence-corrected chi connectivity index (χ4v) is 2.34. The van der Waals surface area contributed by atoms with Crippen LogP contribution in [-0.4, -0.2) is 102 Å². The van der Waals surface area contributed by atoms with Gasteiger partial charge in [-0.25, -0.2) is 4.79 Å². The minimum Gasteiger partial charge on any atom is -0.478 e. The Balaban J connectivity index is 5.11. The molecule has 5 amide bonds. The molecule has 0 heterocycles. The molecule has 0 fully saturated rings. The van der Waals surface area contributed by atoms with Gasteiger partial charge in [-0.3, -0.25) is 28.7 Å². The molecule has 32 heavy (non-hydrogen) atoms. The van der Waals surface area contributed by atoms with Gasteiger partial charge in [-0.15, -0.1) is 0 Å². The summed E-state index contributed by atoms with van der Waals surface area (Å²) in [5.74, 6) is -6.96. The summed E-state index contributed by atoms with van der Waals surface area (Å²) in [4.78, 5) is 70.3. The summed E-state index contributed by atoms with van der Waals surface area (Å²) >= 11 is 1.04. The Morgan fingerprint density at radius 1 is 1.03 bits per heavy atom. The second-order valence-electron chi connectivity index (χ2n) is 6.32. The van der Waals surface area contributed by atoms with Crippen molar-refractivity contribution < 1.29 is 44.1 Å². The van der Waals surface area contributed by atoms with Gasteiger partial charge in [-0.1, -0.05) is 11.9 Å². The number of aliphatic hydroxyl groups is 2. The number of nitrogens with one attached hydrogen (secondary N) is 5. The number of hydrogen-bond donors (Lipinski definition) is 9. The van der Waals surface area contributed by atoms with Crippen LogP contribution >= 0.6 is 11.9 Å². The molecule has 10 N–H and O–H groups in total. The lowest BCUT2D eigenvalue weighted by Gasteiger charge is -2.26. The van der Waals surface area contributed by atoms with E-state index in [2.05, 4.69) is 20.7 Å². The molecule has 0 aromatic rings. The Hall–Kier alpha value is -2.89. The summed E-state index contributed by atoms with van der Waals surface area (Å²) in [7, 11) is 6.56. The van der Waals surface area contributed by atoms with Gasteiger partial charge < -0.3 is 42.3 Å². The van der Waals surface area contributed by atoms with Gasteiger partial charge in [0.2, 0.25) is 29.5 Å². The third kappa shape index (κ3) is 10.4. The molecule has 0 bridgehead atoms. The van der Waals surface area contributed by atoms with E-state index in [0.717, 1.165) is 11.9 Å². The number of aliphatic hydroxyl groups excluding tert-OH is 1. The predicted molar refractivity (Wildman–Crippen MR) is 110 cm³/mol. The summed E-state index contributed by atoms with van der Waals surface area (Å²) in [6.07, 6.45) is -0.785. The number of carbonyl (C=O) groups is 6. The average molecular weight is 476 g/mol. The number of carboxylic acid groups (broad SMARTS) is 1. The first-order valence-corrected chi connectivity index (χ1v) is 9.88. The van der Waals surface area contributed by atoms with Crippen molar-refractivity contribution in [3.05, 3.63) is 0 Å². The van der Waals surface area contributed by atoms with E-state index in [1.165, 1.54) is 12.2 Å². The second kappa shape index (κ2) is 13.5. The molecule has 0 saturated heterocycles. The fraction of sp³-hybridized carbons (Fsp3) is 0.600. The van der Waals surface area contributed by atoms with Gasteiger partial charge in [0, 0.05) is 0 Å². The number of nitrogens with two attached hydrogens (primary N) is 1. The zero-order valence-electron chi connectivity index (χ0n) is 17.2. The maximum absolute atomic E-state index is 12.3. The molecule has 2 radical (unpaired) electrons. The minimum absolute atomic E-state index is 0.0515. The summed E-state index contributed by atoms with van der Waals surface area (Å²) in [6.45, 7) is 0.420. The van der Waals surface area contributed by atoms with Crippen LogP contribution in [0.3, 0.4) is 0 Å². The highest BCUT2D eigenvalue weighted by Gasteiger charge is 2.35. The largest absolute Gasteiger partial charge is 0.478 e. The van der Waals surface area contributed by atoms with Gasteiger partial charge in [0.05, 0.1) is 18.8 Å². The maximum Gasteiger partial charge on any atom is 0.345 e. The van der Waals surface area contributed by atoms with Crippen LogP contribution in [0, 0.1) is 0 Å². The zero-order chi connectivity index (χ0) is 25.1. The number of amides is 5. The normalized spacial score (nSPS) is 15.2. The van der Waals surface area contributed by atoms with Crippen molar-refractivity contribution in [1.29, 1.82) is 0 Å².